The largest absolute Gasteiger partial charge is 0.409 e. The Labute approximate surface area is 119 Å². The molecule has 0 aromatic heterocycles. The molecule has 5 heteroatoms. The first kappa shape index (κ1) is 13.4. The van der Waals surface area contributed by atoms with E-state index in [9.17, 15) is 0 Å². The Hall–Kier alpha value is -1.59. The lowest BCUT2D eigenvalue weighted by Crippen LogP contribution is -2.38. The maximum atomic E-state index is 8.64. The third-order valence-electron chi connectivity index (χ3n) is 4.53. The average molecular weight is 274 g/mol. The van der Waals surface area contributed by atoms with Crippen molar-refractivity contribution in [1.29, 1.82) is 0 Å². The lowest BCUT2D eigenvalue weighted by atomic mass is 10.1. The van der Waals surface area contributed by atoms with E-state index in [1.165, 1.54) is 37.9 Å². The summed E-state index contributed by atoms with van der Waals surface area (Å²) in [7, 11) is 0. The summed E-state index contributed by atoms with van der Waals surface area (Å²) in [6.45, 7) is 3.40. The number of fused-ring (bicyclic) bond motifs is 1. The molecule has 1 aromatic rings. The standard InChI is InChI=1S/C15H22N4O/c16-15(18-20)12-5-3-11(4-6-12)10-17-13-7-9-19-8-1-2-14(13)19/h3-6,13-14,17,20H,1-2,7-10H2,(H2,16,18). The van der Waals surface area contributed by atoms with Crippen LogP contribution in [-0.4, -0.2) is 41.1 Å². The highest BCUT2D eigenvalue weighted by Gasteiger charge is 2.36. The predicted molar refractivity (Wildman–Crippen MR) is 78.8 cm³/mol. The third kappa shape index (κ3) is 2.64. The molecule has 2 fully saturated rings. The zero-order valence-electron chi connectivity index (χ0n) is 11.6. The van der Waals surface area contributed by atoms with E-state index in [-0.39, 0.29) is 5.84 Å². The zero-order chi connectivity index (χ0) is 13.9. The summed E-state index contributed by atoms with van der Waals surface area (Å²) in [6, 6.07) is 9.21. The van der Waals surface area contributed by atoms with Crippen LogP contribution in [0.4, 0.5) is 0 Å². The van der Waals surface area contributed by atoms with Crippen LogP contribution in [0.3, 0.4) is 0 Å². The van der Waals surface area contributed by atoms with Crippen LogP contribution in [0.25, 0.3) is 0 Å². The molecule has 108 valence electrons. The molecular formula is C15H22N4O. The van der Waals surface area contributed by atoms with E-state index >= 15 is 0 Å². The number of benzene rings is 1. The molecule has 20 heavy (non-hydrogen) atoms. The number of nitrogens with two attached hydrogens (primary N) is 1. The molecule has 0 spiro atoms. The number of oxime groups is 1. The minimum atomic E-state index is 0.155. The van der Waals surface area contributed by atoms with Gasteiger partial charge >= 0.3 is 0 Å². The molecule has 2 unspecified atom stereocenters. The van der Waals surface area contributed by atoms with Gasteiger partial charge in [0, 0.05) is 30.7 Å². The number of nitrogens with zero attached hydrogens (tertiary/aromatic N) is 2. The molecule has 0 radical (unpaired) electrons. The predicted octanol–water partition coefficient (Wildman–Crippen LogP) is 1.11. The lowest BCUT2D eigenvalue weighted by Gasteiger charge is -2.21. The highest BCUT2D eigenvalue weighted by atomic mass is 16.4. The Morgan fingerprint density at radius 1 is 1.30 bits per heavy atom. The summed E-state index contributed by atoms with van der Waals surface area (Å²) >= 11 is 0. The first-order valence-corrected chi connectivity index (χ1v) is 7.32. The Morgan fingerprint density at radius 3 is 2.85 bits per heavy atom. The first-order chi connectivity index (χ1) is 9.78. The van der Waals surface area contributed by atoms with Gasteiger partial charge in [-0.15, -0.1) is 0 Å². The maximum Gasteiger partial charge on any atom is 0.170 e. The summed E-state index contributed by atoms with van der Waals surface area (Å²) in [6.07, 6.45) is 3.93. The maximum absolute atomic E-state index is 8.64. The van der Waals surface area contributed by atoms with Crippen LogP contribution >= 0.6 is 0 Å². The third-order valence-corrected chi connectivity index (χ3v) is 4.53. The van der Waals surface area contributed by atoms with E-state index in [0.29, 0.717) is 6.04 Å². The van der Waals surface area contributed by atoms with Crippen LogP contribution in [0.1, 0.15) is 30.4 Å². The normalized spacial score (nSPS) is 26.9. The van der Waals surface area contributed by atoms with Gasteiger partial charge in [0.15, 0.2) is 5.84 Å². The summed E-state index contributed by atoms with van der Waals surface area (Å²) < 4.78 is 0. The molecule has 4 N–H and O–H groups in total. The highest BCUT2D eigenvalue weighted by molar-refractivity contribution is 5.96. The summed E-state index contributed by atoms with van der Waals surface area (Å²) in [5, 5.41) is 15.3. The zero-order valence-corrected chi connectivity index (χ0v) is 11.6. The number of amidine groups is 1. The van der Waals surface area contributed by atoms with Crippen LogP contribution in [0.5, 0.6) is 0 Å². The van der Waals surface area contributed by atoms with Gasteiger partial charge in [-0.2, -0.15) is 0 Å². The second-order valence-electron chi connectivity index (χ2n) is 5.70. The van der Waals surface area contributed by atoms with Crippen LogP contribution in [0.15, 0.2) is 29.4 Å². The van der Waals surface area contributed by atoms with E-state index < -0.39 is 0 Å². The summed E-state index contributed by atoms with van der Waals surface area (Å²) in [5.74, 6) is 0.155. The van der Waals surface area contributed by atoms with Crippen molar-refractivity contribution in [2.45, 2.75) is 37.9 Å². The molecule has 2 aliphatic rings. The van der Waals surface area contributed by atoms with E-state index in [1.54, 1.807) is 0 Å². The molecule has 0 saturated carbocycles. The van der Waals surface area contributed by atoms with E-state index in [1.807, 2.05) is 24.3 Å². The molecule has 2 saturated heterocycles. The van der Waals surface area contributed by atoms with Crippen molar-refractivity contribution in [3.8, 4) is 0 Å². The van der Waals surface area contributed by atoms with Crippen molar-refractivity contribution >= 4 is 5.84 Å². The van der Waals surface area contributed by atoms with Crippen molar-refractivity contribution in [3.63, 3.8) is 0 Å². The Balaban J connectivity index is 1.56. The smallest absolute Gasteiger partial charge is 0.170 e. The van der Waals surface area contributed by atoms with Gasteiger partial charge < -0.3 is 16.3 Å². The summed E-state index contributed by atoms with van der Waals surface area (Å²) in [5.41, 5.74) is 7.54. The highest BCUT2D eigenvalue weighted by Crippen LogP contribution is 2.28. The molecule has 2 heterocycles. The molecule has 0 aliphatic carbocycles. The SMILES string of the molecule is NC(=NO)c1ccc(CNC2CCN3CCCC23)cc1. The van der Waals surface area contributed by atoms with Gasteiger partial charge in [-0.3, -0.25) is 4.90 Å². The fraction of sp³-hybridized carbons (Fsp3) is 0.533. The number of hydrogen-bond acceptors (Lipinski definition) is 4. The van der Waals surface area contributed by atoms with Crippen molar-refractivity contribution in [3.05, 3.63) is 35.4 Å². The Bertz CT molecular complexity index is 485. The molecule has 3 rings (SSSR count). The Kier molecular flexibility index (Phi) is 3.89. The fourth-order valence-corrected chi connectivity index (χ4v) is 3.42. The first-order valence-electron chi connectivity index (χ1n) is 7.32. The van der Waals surface area contributed by atoms with Crippen LogP contribution < -0.4 is 11.1 Å². The van der Waals surface area contributed by atoms with Crippen molar-refractivity contribution in [1.82, 2.24) is 10.2 Å². The molecule has 2 atom stereocenters. The monoisotopic (exact) mass is 274 g/mol. The van der Waals surface area contributed by atoms with Gasteiger partial charge in [0.2, 0.25) is 0 Å². The number of nitrogens with one attached hydrogen (secondary N) is 1. The topological polar surface area (TPSA) is 73.9 Å². The molecule has 5 nitrogen and oxygen atoms in total. The van der Waals surface area contributed by atoms with Gasteiger partial charge in [-0.1, -0.05) is 29.4 Å². The molecular weight excluding hydrogens is 252 g/mol. The second kappa shape index (κ2) is 5.81. The van der Waals surface area contributed by atoms with Gasteiger partial charge in [0.05, 0.1) is 0 Å². The lowest BCUT2D eigenvalue weighted by molar-refractivity contribution is 0.298. The van der Waals surface area contributed by atoms with E-state index in [4.69, 9.17) is 10.9 Å². The van der Waals surface area contributed by atoms with Crippen LogP contribution in [-0.2, 0) is 6.54 Å². The second-order valence-corrected chi connectivity index (χ2v) is 5.70. The van der Waals surface area contributed by atoms with Crippen molar-refractivity contribution < 1.29 is 5.21 Å². The average Bonchev–Trinajstić information content (AvgIpc) is 3.08. The molecule has 0 amide bonds. The quantitative estimate of drug-likeness (QED) is 0.333. The minimum absolute atomic E-state index is 0.155. The van der Waals surface area contributed by atoms with Gasteiger partial charge in [0.1, 0.15) is 0 Å². The molecule has 0 bridgehead atoms. The van der Waals surface area contributed by atoms with E-state index in [0.717, 1.165) is 18.2 Å². The van der Waals surface area contributed by atoms with Crippen molar-refractivity contribution in [2.24, 2.45) is 10.9 Å². The molecule has 1 aromatic carbocycles. The molecule has 2 aliphatic heterocycles. The van der Waals surface area contributed by atoms with Crippen LogP contribution in [0, 0.1) is 0 Å². The number of rotatable bonds is 4. The fourth-order valence-electron chi connectivity index (χ4n) is 3.42. The van der Waals surface area contributed by atoms with Gasteiger partial charge in [0.25, 0.3) is 0 Å². The van der Waals surface area contributed by atoms with Gasteiger partial charge in [-0.25, -0.2) is 0 Å². The summed E-state index contributed by atoms with van der Waals surface area (Å²) in [4.78, 5) is 2.61. The van der Waals surface area contributed by atoms with Crippen molar-refractivity contribution in [2.75, 3.05) is 13.1 Å². The van der Waals surface area contributed by atoms with E-state index in [2.05, 4.69) is 15.4 Å². The Morgan fingerprint density at radius 2 is 2.10 bits per heavy atom. The number of hydrogen-bond donors (Lipinski definition) is 3. The van der Waals surface area contributed by atoms with Gasteiger partial charge in [-0.05, 0) is 31.4 Å². The minimum Gasteiger partial charge on any atom is -0.409 e. The van der Waals surface area contributed by atoms with Crippen LogP contribution in [0.2, 0.25) is 0 Å².